The van der Waals surface area contributed by atoms with Crippen molar-refractivity contribution < 1.29 is 9.59 Å². The van der Waals surface area contributed by atoms with Crippen LogP contribution in [0.25, 0.3) is 0 Å². The molecule has 2 amide bonds. The highest BCUT2D eigenvalue weighted by Gasteiger charge is 2.51. The molecule has 4 aromatic carbocycles. The van der Waals surface area contributed by atoms with Gasteiger partial charge in [-0.3, -0.25) is 29.4 Å². The van der Waals surface area contributed by atoms with E-state index in [1.165, 1.54) is 0 Å². The number of para-hydroxylation sites is 4. The van der Waals surface area contributed by atoms with E-state index in [-0.39, 0.29) is 36.6 Å². The molecule has 8 rings (SSSR count). The van der Waals surface area contributed by atoms with Crippen LogP contribution in [0.2, 0.25) is 0 Å². The first-order chi connectivity index (χ1) is 22.6. The summed E-state index contributed by atoms with van der Waals surface area (Å²) in [5, 5.41) is 0. The van der Waals surface area contributed by atoms with Gasteiger partial charge in [-0.15, -0.1) is 24.8 Å². The summed E-state index contributed by atoms with van der Waals surface area (Å²) in [6.07, 6.45) is 8.87. The number of rotatable bonds is 6. The molecule has 2 aliphatic rings. The largest absolute Gasteiger partial charge is 0.280 e. The van der Waals surface area contributed by atoms with Crippen molar-refractivity contribution in [1.29, 1.82) is 0 Å². The minimum atomic E-state index is -0.699. The maximum absolute atomic E-state index is 14.2. The molecule has 0 radical (unpaired) electrons. The van der Waals surface area contributed by atoms with E-state index in [9.17, 15) is 9.59 Å². The van der Waals surface area contributed by atoms with Gasteiger partial charge in [0.2, 0.25) is 11.8 Å². The van der Waals surface area contributed by atoms with Crippen LogP contribution >= 0.6 is 24.8 Å². The lowest BCUT2D eigenvalue weighted by Gasteiger charge is -2.29. The SMILES string of the molecule is Cl.Cl.O=C1Cc2ccccc2N1c1ccccc1.O=C1N(c2ccccc2)c2ccccc2C1(Cc1ccncc1)Cc1ccncc1. The Kier molecular flexibility index (Phi) is 10.7. The predicted molar refractivity (Wildman–Crippen MR) is 196 cm³/mol. The summed E-state index contributed by atoms with van der Waals surface area (Å²) in [6.45, 7) is 0. The number of aromatic nitrogens is 2. The Bertz CT molecular complexity index is 1940. The minimum absolute atomic E-state index is 0. The molecule has 8 heteroatoms. The predicted octanol–water partition coefficient (Wildman–Crippen LogP) is 8.63. The van der Waals surface area contributed by atoms with Gasteiger partial charge in [0.05, 0.1) is 23.2 Å². The summed E-state index contributed by atoms with van der Waals surface area (Å²) in [5.41, 5.74) is 7.46. The highest BCUT2D eigenvalue weighted by Crippen LogP contribution is 2.48. The quantitative estimate of drug-likeness (QED) is 0.178. The molecule has 0 atom stereocenters. The summed E-state index contributed by atoms with van der Waals surface area (Å²) in [6, 6.07) is 43.7. The highest BCUT2D eigenvalue weighted by molar-refractivity contribution is 6.13. The van der Waals surface area contributed by atoms with Crippen molar-refractivity contribution in [3.8, 4) is 0 Å². The van der Waals surface area contributed by atoms with Crippen LogP contribution in [0.1, 0.15) is 22.3 Å². The zero-order valence-electron chi connectivity index (χ0n) is 26.1. The molecule has 2 aromatic heterocycles. The zero-order chi connectivity index (χ0) is 31.3. The van der Waals surface area contributed by atoms with Crippen molar-refractivity contribution in [3.05, 3.63) is 181 Å². The number of benzene rings is 4. The minimum Gasteiger partial charge on any atom is -0.280 e. The van der Waals surface area contributed by atoms with E-state index in [4.69, 9.17) is 0 Å². The molecule has 0 aliphatic carbocycles. The normalized spacial score (nSPS) is 13.8. The van der Waals surface area contributed by atoms with Gasteiger partial charge in [0, 0.05) is 36.2 Å². The number of halogens is 2. The van der Waals surface area contributed by atoms with Crippen LogP contribution in [0.3, 0.4) is 0 Å². The van der Waals surface area contributed by atoms with Crippen LogP contribution in [0.15, 0.2) is 158 Å². The van der Waals surface area contributed by atoms with Gasteiger partial charge in [-0.25, -0.2) is 0 Å². The van der Waals surface area contributed by atoms with Crippen molar-refractivity contribution in [2.75, 3.05) is 9.80 Å². The third-order valence-electron chi connectivity index (χ3n) is 8.64. The average Bonchev–Trinajstić information content (AvgIpc) is 3.57. The number of carbonyl (C=O) groups excluding carboxylic acids is 2. The number of anilines is 4. The molecule has 0 saturated heterocycles. The average molecular weight is 674 g/mol. The van der Waals surface area contributed by atoms with Gasteiger partial charge in [0.15, 0.2) is 0 Å². The van der Waals surface area contributed by atoms with Crippen LogP contribution < -0.4 is 9.80 Å². The number of fused-ring (bicyclic) bond motifs is 2. The van der Waals surface area contributed by atoms with Gasteiger partial charge in [0.25, 0.3) is 0 Å². The summed E-state index contributed by atoms with van der Waals surface area (Å²) >= 11 is 0. The van der Waals surface area contributed by atoms with Gasteiger partial charge >= 0.3 is 0 Å². The molecule has 0 unspecified atom stereocenters. The lowest BCUT2D eigenvalue weighted by Crippen LogP contribution is -2.42. The Hall–Kier alpha value is -5.30. The maximum Gasteiger partial charge on any atom is 0.242 e. The van der Waals surface area contributed by atoms with E-state index in [2.05, 4.69) is 16.0 Å². The standard InChI is InChI=1S/C26H21N3O.C14H11NO.2ClH/c30-25-26(18-20-10-14-27-15-11-20,19-21-12-16-28-17-13-21)23-8-4-5-9-24(23)29(25)22-6-2-1-3-7-22;16-14-10-11-6-4-5-9-13(11)15(14)12-7-2-1-3-8-12;;/h1-17H,18-19H2;1-9H,10H2;2*1H. The van der Waals surface area contributed by atoms with Crippen LogP contribution in [-0.4, -0.2) is 21.8 Å². The van der Waals surface area contributed by atoms with Crippen LogP contribution in [-0.2, 0) is 34.3 Å². The Balaban J connectivity index is 0.000000212. The van der Waals surface area contributed by atoms with Crippen LogP contribution in [0.4, 0.5) is 22.7 Å². The lowest BCUT2D eigenvalue weighted by molar-refractivity contribution is -0.122. The molecule has 240 valence electrons. The van der Waals surface area contributed by atoms with E-state index in [1.54, 1.807) is 29.7 Å². The number of hydrogen-bond acceptors (Lipinski definition) is 4. The molecule has 0 N–H and O–H groups in total. The van der Waals surface area contributed by atoms with Crippen molar-refractivity contribution in [2.45, 2.75) is 24.7 Å². The van der Waals surface area contributed by atoms with E-state index < -0.39 is 5.41 Å². The second-order valence-electron chi connectivity index (χ2n) is 11.5. The molecule has 6 aromatic rings. The lowest BCUT2D eigenvalue weighted by atomic mass is 9.72. The summed E-state index contributed by atoms with van der Waals surface area (Å²) in [4.78, 5) is 38.1. The van der Waals surface area contributed by atoms with Crippen LogP contribution in [0, 0.1) is 0 Å². The number of hydrogen-bond donors (Lipinski definition) is 0. The Morgan fingerprint density at radius 1 is 0.521 bits per heavy atom. The molecule has 4 heterocycles. The molecule has 0 fully saturated rings. The van der Waals surface area contributed by atoms with E-state index in [0.717, 1.165) is 45.0 Å². The molecule has 2 aliphatic heterocycles. The van der Waals surface area contributed by atoms with Gasteiger partial charge in [-0.05, 0) is 95.8 Å². The molecule has 0 saturated carbocycles. The maximum atomic E-state index is 14.2. The third-order valence-corrected chi connectivity index (χ3v) is 8.64. The van der Waals surface area contributed by atoms with Gasteiger partial charge in [0.1, 0.15) is 0 Å². The monoisotopic (exact) mass is 672 g/mol. The third kappa shape index (κ3) is 6.58. The van der Waals surface area contributed by atoms with Gasteiger partial charge < -0.3 is 0 Å². The summed E-state index contributed by atoms with van der Waals surface area (Å²) in [7, 11) is 0. The molecule has 48 heavy (non-hydrogen) atoms. The first-order valence-corrected chi connectivity index (χ1v) is 15.4. The number of amides is 2. The summed E-state index contributed by atoms with van der Waals surface area (Å²) in [5.74, 6) is 0.246. The fraction of sp³-hybridized carbons (Fsp3) is 0.100. The second kappa shape index (κ2) is 15.1. The van der Waals surface area contributed by atoms with Crippen molar-refractivity contribution in [1.82, 2.24) is 9.97 Å². The molecular formula is C40H34Cl2N4O2. The first-order valence-electron chi connectivity index (χ1n) is 15.4. The molecule has 0 spiro atoms. The molecule has 6 nitrogen and oxygen atoms in total. The summed E-state index contributed by atoms with van der Waals surface area (Å²) < 4.78 is 0. The smallest absolute Gasteiger partial charge is 0.242 e. The van der Waals surface area contributed by atoms with Gasteiger partial charge in [-0.2, -0.15) is 0 Å². The first kappa shape index (κ1) is 34.0. The Labute approximate surface area is 292 Å². The van der Waals surface area contributed by atoms with Crippen molar-refractivity contribution in [2.24, 2.45) is 0 Å². The topological polar surface area (TPSA) is 66.4 Å². The molecular weight excluding hydrogens is 639 g/mol. The zero-order valence-corrected chi connectivity index (χ0v) is 27.7. The number of nitrogens with zero attached hydrogens (tertiary/aromatic N) is 4. The van der Waals surface area contributed by atoms with E-state index in [1.807, 2.05) is 132 Å². The number of carbonyl (C=O) groups is 2. The number of pyridine rings is 2. The second-order valence-corrected chi connectivity index (χ2v) is 11.5. The highest BCUT2D eigenvalue weighted by atomic mass is 35.5. The van der Waals surface area contributed by atoms with Gasteiger partial charge in [-0.1, -0.05) is 72.8 Å². The Morgan fingerprint density at radius 2 is 0.979 bits per heavy atom. The fourth-order valence-electron chi connectivity index (χ4n) is 6.56. The fourth-order valence-corrected chi connectivity index (χ4v) is 6.56. The Morgan fingerprint density at radius 3 is 1.54 bits per heavy atom. The van der Waals surface area contributed by atoms with Crippen LogP contribution in [0.5, 0.6) is 0 Å². The van der Waals surface area contributed by atoms with E-state index in [0.29, 0.717) is 19.3 Å². The van der Waals surface area contributed by atoms with E-state index >= 15 is 0 Å². The van der Waals surface area contributed by atoms with Crippen molar-refractivity contribution in [3.63, 3.8) is 0 Å². The van der Waals surface area contributed by atoms with Crippen molar-refractivity contribution >= 4 is 59.4 Å². The molecule has 0 bridgehead atoms.